The van der Waals surface area contributed by atoms with Crippen LogP contribution < -0.4 is 34.3 Å². The van der Waals surface area contributed by atoms with E-state index in [0.29, 0.717) is 65.1 Å². The zero-order valence-corrected chi connectivity index (χ0v) is 34.6. The van der Waals surface area contributed by atoms with Crippen LogP contribution in [-0.4, -0.2) is 118 Å². The number of fused-ring (bicyclic) bond motifs is 9. The lowest BCUT2D eigenvalue weighted by Gasteiger charge is -2.62. The van der Waals surface area contributed by atoms with Gasteiger partial charge in [0.05, 0.1) is 43.7 Å². The van der Waals surface area contributed by atoms with Crippen molar-refractivity contribution in [1.29, 1.82) is 5.26 Å². The van der Waals surface area contributed by atoms with Crippen LogP contribution in [0, 0.1) is 25.2 Å². The first-order valence-electron chi connectivity index (χ1n) is 19.0. The van der Waals surface area contributed by atoms with Crippen molar-refractivity contribution >= 4 is 29.7 Å². The fraction of sp³-hybridized carbons (Fsp3) is 0.600. The van der Waals surface area contributed by atoms with Crippen molar-refractivity contribution in [2.75, 3.05) is 60.4 Å². The number of piperazine rings is 1. The molecule has 5 aliphatic heterocycles. The molecule has 0 aromatic heterocycles. The number of nitrogens with one attached hydrogen (secondary N) is 2. The van der Waals surface area contributed by atoms with E-state index < -0.39 is 59.0 Å². The van der Waals surface area contributed by atoms with Gasteiger partial charge in [0.15, 0.2) is 29.8 Å². The van der Waals surface area contributed by atoms with Crippen LogP contribution >= 0.6 is 11.8 Å². The Labute approximate surface area is 336 Å². The van der Waals surface area contributed by atoms with E-state index in [0.717, 1.165) is 16.7 Å². The van der Waals surface area contributed by atoms with Gasteiger partial charge >= 0.3 is 12.1 Å². The molecule has 2 amide bonds. The van der Waals surface area contributed by atoms with E-state index in [2.05, 4.69) is 32.6 Å². The summed E-state index contributed by atoms with van der Waals surface area (Å²) in [4.78, 5) is 44.5. The summed E-state index contributed by atoms with van der Waals surface area (Å²) >= 11 is 1.43. The first-order valence-corrected chi connectivity index (χ1v) is 20.1. The van der Waals surface area contributed by atoms with Crippen LogP contribution in [0.15, 0.2) is 6.07 Å². The number of aryl methyl sites for hydroxylation is 1. The van der Waals surface area contributed by atoms with Gasteiger partial charge in [0.2, 0.25) is 12.7 Å². The predicted octanol–water partition coefficient (Wildman–Crippen LogP) is 3.99. The number of rotatable bonds is 9. The van der Waals surface area contributed by atoms with Gasteiger partial charge in [-0.1, -0.05) is 6.07 Å². The molecule has 4 bridgehead atoms. The number of nitrogens with zero attached hydrogens (tertiary/aromatic N) is 3. The van der Waals surface area contributed by atoms with Crippen LogP contribution in [0.4, 0.5) is 4.79 Å². The molecule has 16 nitrogen and oxygen atoms in total. The highest BCUT2D eigenvalue weighted by molar-refractivity contribution is 7.99. The van der Waals surface area contributed by atoms with Gasteiger partial charge in [0.1, 0.15) is 23.4 Å². The second-order valence-electron chi connectivity index (χ2n) is 15.8. The molecule has 17 heteroatoms. The number of thioether (sulfide) groups is 1. The van der Waals surface area contributed by atoms with E-state index in [9.17, 15) is 19.6 Å². The fourth-order valence-corrected chi connectivity index (χ4v) is 10.6. The molecular formula is C40H51N5O11S. The van der Waals surface area contributed by atoms with Gasteiger partial charge in [-0.25, -0.2) is 4.79 Å². The number of carbonyl (C=O) groups is 3. The lowest BCUT2D eigenvalue weighted by molar-refractivity contribution is -0.132. The van der Waals surface area contributed by atoms with E-state index >= 15 is 0 Å². The van der Waals surface area contributed by atoms with E-state index in [1.54, 1.807) is 35.0 Å². The molecule has 57 heavy (non-hydrogen) atoms. The summed E-state index contributed by atoms with van der Waals surface area (Å²) in [5, 5.41) is 16.5. The van der Waals surface area contributed by atoms with Gasteiger partial charge in [-0.3, -0.25) is 19.4 Å². The summed E-state index contributed by atoms with van der Waals surface area (Å²) in [6, 6.07) is 1.30. The third kappa shape index (κ3) is 7.31. The predicted molar refractivity (Wildman–Crippen MR) is 207 cm³/mol. The van der Waals surface area contributed by atoms with Gasteiger partial charge < -0.3 is 48.5 Å². The standard InChI is InChI=1S/C40H51N5O11S/c1-19-12-22-13-24-25(14-41)45-26-15-42-38(47)23(43-39(48)56-40(4,5)6)16-57-37(29-28(26)36-34(53-18-54-36)20(2)33(29)55-21(3)46)31(45)30(44(24)7)27(22)35(32(19)50-9)52-17-51-11-10-49-8/h12,23-26,30-31,37H,10-11,13,15-18H2,1-9H3,(H,42,47)(H,43,48)/t23?,24-,25-,26-,30+,31?,37+/m0/s1. The molecule has 0 radical (unpaired) electrons. The van der Waals surface area contributed by atoms with Gasteiger partial charge in [0.25, 0.3) is 0 Å². The number of alkyl carbamates (subject to hydrolysis) is 1. The molecule has 5 aliphatic rings. The first-order chi connectivity index (χ1) is 27.2. The highest BCUT2D eigenvalue weighted by atomic mass is 32.2. The summed E-state index contributed by atoms with van der Waals surface area (Å²) in [5.74, 6) is 1.56. The molecule has 2 aromatic rings. The minimum Gasteiger partial charge on any atom is -0.493 e. The second-order valence-corrected chi connectivity index (χ2v) is 17.0. The molecule has 2 unspecified atom stereocenters. The van der Waals surface area contributed by atoms with E-state index in [-0.39, 0.29) is 31.9 Å². The Hall–Kier alpha value is -4.47. The Morgan fingerprint density at radius 1 is 1.09 bits per heavy atom. The molecule has 7 rings (SSSR count). The third-order valence-electron chi connectivity index (χ3n) is 11.2. The molecule has 2 aromatic carbocycles. The molecule has 308 valence electrons. The quantitative estimate of drug-likeness (QED) is 0.161. The summed E-state index contributed by atoms with van der Waals surface area (Å²) in [6.07, 6.45) is -0.193. The monoisotopic (exact) mass is 809 g/mol. The lowest BCUT2D eigenvalue weighted by atomic mass is 9.71. The molecule has 0 saturated carbocycles. The number of amides is 2. The van der Waals surface area contributed by atoms with Crippen LogP contribution in [0.2, 0.25) is 0 Å². The van der Waals surface area contributed by atoms with Gasteiger partial charge in [0, 0.05) is 60.7 Å². The topological polar surface area (TPSA) is 179 Å². The Balaban J connectivity index is 1.46. The van der Waals surface area contributed by atoms with E-state index in [4.69, 9.17) is 37.9 Å². The minimum atomic E-state index is -0.987. The van der Waals surface area contributed by atoms with Crippen molar-refractivity contribution in [3.8, 4) is 34.8 Å². The maximum Gasteiger partial charge on any atom is 0.408 e. The number of hydrogen-bond acceptors (Lipinski definition) is 15. The molecule has 0 spiro atoms. The first kappa shape index (κ1) is 40.7. The lowest BCUT2D eigenvalue weighted by Crippen LogP contribution is -2.70. The summed E-state index contributed by atoms with van der Waals surface area (Å²) in [6.45, 7) is 11.1. The highest BCUT2D eigenvalue weighted by Crippen LogP contribution is 2.64. The van der Waals surface area contributed by atoms with E-state index in [1.165, 1.54) is 18.7 Å². The Morgan fingerprint density at radius 3 is 2.53 bits per heavy atom. The van der Waals surface area contributed by atoms with Crippen molar-refractivity contribution < 1.29 is 52.3 Å². The van der Waals surface area contributed by atoms with Crippen molar-refractivity contribution in [3.63, 3.8) is 0 Å². The van der Waals surface area contributed by atoms with Crippen molar-refractivity contribution in [2.24, 2.45) is 0 Å². The van der Waals surface area contributed by atoms with Crippen molar-refractivity contribution in [1.82, 2.24) is 20.4 Å². The average molecular weight is 810 g/mol. The zero-order chi connectivity index (χ0) is 40.9. The zero-order valence-electron chi connectivity index (χ0n) is 33.8. The summed E-state index contributed by atoms with van der Waals surface area (Å²) in [5.41, 5.74) is 3.98. The van der Waals surface area contributed by atoms with Crippen LogP contribution in [-0.2, 0) is 30.2 Å². The fourth-order valence-electron chi connectivity index (χ4n) is 9.05. The number of nitriles is 1. The molecule has 2 saturated heterocycles. The van der Waals surface area contributed by atoms with Crippen LogP contribution in [0.5, 0.6) is 28.7 Å². The van der Waals surface area contributed by atoms with Gasteiger partial charge in [-0.15, -0.1) is 11.8 Å². The maximum atomic E-state index is 14.0. The number of esters is 1. The van der Waals surface area contributed by atoms with Crippen LogP contribution in [0.1, 0.15) is 78.4 Å². The maximum absolute atomic E-state index is 14.0. The minimum absolute atomic E-state index is 0.0344. The number of ether oxygens (including phenoxy) is 8. The Morgan fingerprint density at radius 2 is 1.84 bits per heavy atom. The Kier molecular flexibility index (Phi) is 11.5. The summed E-state index contributed by atoms with van der Waals surface area (Å²) in [7, 11) is 5.23. The molecule has 0 aliphatic carbocycles. The number of hydrogen-bond donors (Lipinski definition) is 2. The normalized spacial score (nSPS) is 26.2. The van der Waals surface area contributed by atoms with Gasteiger partial charge in [-0.05, 0) is 59.2 Å². The molecule has 2 N–H and O–H groups in total. The molecular weight excluding hydrogens is 759 g/mol. The number of carbonyl (C=O) groups excluding carboxylic acids is 3. The van der Waals surface area contributed by atoms with Crippen molar-refractivity contribution in [3.05, 3.63) is 39.4 Å². The SMILES string of the molecule is COCCOCOc1c(OC)c(C)cc2c1[C@@H]1C3[C@@H]4SCC(NC(=O)OC(C)(C)C)C(=O)NC[C@@H](c5c6c(c(C)c(OC(C)=O)c54)OCO6)N3[C@@H](C#N)[C@H](C2)N1C. The number of likely N-dealkylation sites (N-methyl/N-ethyl adjacent to an activating group) is 1. The highest BCUT2D eigenvalue weighted by Gasteiger charge is 2.60. The third-order valence-corrected chi connectivity index (χ3v) is 12.6. The smallest absolute Gasteiger partial charge is 0.408 e. The molecule has 5 heterocycles. The van der Waals surface area contributed by atoms with Crippen LogP contribution in [0.25, 0.3) is 0 Å². The Bertz CT molecular complexity index is 1980. The van der Waals surface area contributed by atoms with Gasteiger partial charge in [-0.2, -0.15) is 5.26 Å². The summed E-state index contributed by atoms with van der Waals surface area (Å²) < 4.78 is 47.4. The van der Waals surface area contributed by atoms with E-state index in [1.807, 2.05) is 20.9 Å². The van der Waals surface area contributed by atoms with Crippen LogP contribution in [0.3, 0.4) is 0 Å². The second kappa shape index (κ2) is 16.1. The molecule has 7 atom stereocenters. The number of methoxy groups -OCH3 is 2. The number of benzene rings is 2. The molecule has 2 fully saturated rings. The largest absolute Gasteiger partial charge is 0.493 e. The van der Waals surface area contributed by atoms with Crippen molar-refractivity contribution in [2.45, 2.75) is 95.1 Å². The average Bonchev–Trinajstić information content (AvgIpc) is 3.63.